The molecule has 144 valence electrons. The molecule has 0 spiro atoms. The highest BCUT2D eigenvalue weighted by atomic mass is 32.1. The second-order valence-electron chi connectivity index (χ2n) is 6.44. The Hall–Kier alpha value is -3.52. The SMILES string of the molecule is C/C(=N/Nc1ncnc2scc(-c3ccc(F)cc3)c12)c1ccc2c(c1)OCO2. The van der Waals surface area contributed by atoms with Crippen molar-refractivity contribution in [2.45, 2.75) is 6.92 Å². The van der Waals surface area contributed by atoms with Crippen LogP contribution in [0.25, 0.3) is 21.3 Å². The average Bonchev–Trinajstić information content (AvgIpc) is 3.39. The number of rotatable bonds is 4. The summed E-state index contributed by atoms with van der Waals surface area (Å²) < 4.78 is 24.1. The molecular formula is C21H15FN4O2S. The zero-order chi connectivity index (χ0) is 19.8. The molecule has 4 aromatic rings. The van der Waals surface area contributed by atoms with E-state index in [2.05, 4.69) is 20.5 Å². The molecule has 5 rings (SSSR count). The zero-order valence-electron chi connectivity index (χ0n) is 15.3. The minimum atomic E-state index is -0.271. The first-order chi connectivity index (χ1) is 14.2. The first-order valence-corrected chi connectivity index (χ1v) is 9.75. The van der Waals surface area contributed by atoms with Crippen molar-refractivity contribution in [3.63, 3.8) is 0 Å². The van der Waals surface area contributed by atoms with Gasteiger partial charge in [0, 0.05) is 16.5 Å². The van der Waals surface area contributed by atoms with Crippen LogP contribution in [0.2, 0.25) is 0 Å². The number of ether oxygens (including phenoxy) is 2. The van der Waals surface area contributed by atoms with Gasteiger partial charge in [-0.15, -0.1) is 11.3 Å². The maximum Gasteiger partial charge on any atom is 0.231 e. The van der Waals surface area contributed by atoms with Crippen molar-refractivity contribution in [1.29, 1.82) is 0 Å². The highest BCUT2D eigenvalue weighted by Gasteiger charge is 2.15. The van der Waals surface area contributed by atoms with Gasteiger partial charge in [0.15, 0.2) is 17.3 Å². The van der Waals surface area contributed by atoms with Gasteiger partial charge in [0.05, 0.1) is 11.1 Å². The number of fused-ring (bicyclic) bond motifs is 2. The van der Waals surface area contributed by atoms with Gasteiger partial charge in [0.1, 0.15) is 17.0 Å². The molecule has 0 saturated heterocycles. The third-order valence-electron chi connectivity index (χ3n) is 4.65. The molecule has 3 heterocycles. The average molecular weight is 406 g/mol. The minimum absolute atomic E-state index is 0.233. The maximum absolute atomic E-state index is 13.3. The fourth-order valence-corrected chi connectivity index (χ4v) is 4.04. The Labute approximate surface area is 169 Å². The molecule has 1 aliphatic rings. The van der Waals surface area contributed by atoms with Gasteiger partial charge in [-0.2, -0.15) is 5.10 Å². The van der Waals surface area contributed by atoms with Gasteiger partial charge in [-0.3, -0.25) is 5.43 Å². The van der Waals surface area contributed by atoms with Gasteiger partial charge in [-0.05, 0) is 42.8 Å². The summed E-state index contributed by atoms with van der Waals surface area (Å²) in [7, 11) is 0. The van der Waals surface area contributed by atoms with Gasteiger partial charge >= 0.3 is 0 Å². The van der Waals surface area contributed by atoms with Gasteiger partial charge < -0.3 is 9.47 Å². The smallest absolute Gasteiger partial charge is 0.231 e. The Morgan fingerprint density at radius 2 is 1.93 bits per heavy atom. The normalized spacial score (nSPS) is 13.1. The van der Waals surface area contributed by atoms with Gasteiger partial charge in [0.25, 0.3) is 0 Å². The Balaban J connectivity index is 1.49. The molecule has 1 N–H and O–H groups in total. The number of nitrogens with zero attached hydrogens (tertiary/aromatic N) is 3. The van der Waals surface area contributed by atoms with Gasteiger partial charge in [-0.25, -0.2) is 14.4 Å². The Morgan fingerprint density at radius 1 is 1.10 bits per heavy atom. The highest BCUT2D eigenvalue weighted by Crippen LogP contribution is 2.37. The summed E-state index contributed by atoms with van der Waals surface area (Å²) >= 11 is 1.51. The van der Waals surface area contributed by atoms with Crippen molar-refractivity contribution in [1.82, 2.24) is 9.97 Å². The topological polar surface area (TPSA) is 68.6 Å². The van der Waals surface area contributed by atoms with Crippen LogP contribution in [0.5, 0.6) is 11.5 Å². The lowest BCUT2D eigenvalue weighted by molar-refractivity contribution is 0.174. The summed E-state index contributed by atoms with van der Waals surface area (Å²) in [5, 5.41) is 7.34. The summed E-state index contributed by atoms with van der Waals surface area (Å²) in [6.45, 7) is 2.13. The third-order valence-corrected chi connectivity index (χ3v) is 5.53. The number of thiophene rings is 1. The maximum atomic E-state index is 13.3. The standard InChI is InChI=1S/C21H15FN4O2S/c1-12(14-4-7-17-18(8-14)28-11-27-17)25-26-20-19-16(9-29-21(19)24-10-23-20)13-2-5-15(22)6-3-13/h2-10H,11H2,1H3,(H,23,24,26)/b25-12-. The van der Waals surface area contributed by atoms with E-state index >= 15 is 0 Å². The predicted octanol–water partition coefficient (Wildman–Crippen LogP) is 5.06. The van der Waals surface area contributed by atoms with Crippen LogP contribution in [0.1, 0.15) is 12.5 Å². The Bertz CT molecular complexity index is 1240. The number of nitrogens with one attached hydrogen (secondary N) is 1. The third kappa shape index (κ3) is 3.27. The van der Waals surface area contributed by atoms with Crippen LogP contribution in [0, 0.1) is 5.82 Å². The van der Waals surface area contributed by atoms with Crippen LogP contribution < -0.4 is 14.9 Å². The second-order valence-corrected chi connectivity index (χ2v) is 7.29. The van der Waals surface area contributed by atoms with Gasteiger partial charge in [0.2, 0.25) is 6.79 Å². The number of hydrazone groups is 1. The van der Waals surface area contributed by atoms with Crippen molar-refractivity contribution >= 4 is 33.1 Å². The summed E-state index contributed by atoms with van der Waals surface area (Å²) in [5.41, 5.74) is 6.57. The molecular weight excluding hydrogens is 391 g/mol. The molecule has 8 heteroatoms. The number of hydrogen-bond acceptors (Lipinski definition) is 7. The molecule has 2 aromatic carbocycles. The van der Waals surface area contributed by atoms with Crippen LogP contribution in [0.15, 0.2) is 59.3 Å². The quantitative estimate of drug-likeness (QED) is 0.379. The van der Waals surface area contributed by atoms with E-state index in [1.54, 1.807) is 12.1 Å². The van der Waals surface area contributed by atoms with E-state index in [1.165, 1.54) is 29.8 Å². The van der Waals surface area contributed by atoms with Crippen LogP contribution >= 0.6 is 11.3 Å². The Morgan fingerprint density at radius 3 is 2.79 bits per heavy atom. The largest absolute Gasteiger partial charge is 0.454 e. The van der Waals surface area contributed by atoms with E-state index < -0.39 is 0 Å². The van der Waals surface area contributed by atoms with Crippen LogP contribution in [0.4, 0.5) is 10.2 Å². The van der Waals surface area contributed by atoms with Crippen LogP contribution in [0.3, 0.4) is 0 Å². The first-order valence-electron chi connectivity index (χ1n) is 8.87. The summed E-state index contributed by atoms with van der Waals surface area (Å²) in [6, 6.07) is 12.1. The van der Waals surface area contributed by atoms with Crippen LogP contribution in [-0.4, -0.2) is 22.5 Å². The van der Waals surface area contributed by atoms with E-state index in [0.29, 0.717) is 11.6 Å². The lowest BCUT2D eigenvalue weighted by Gasteiger charge is -2.07. The van der Waals surface area contributed by atoms with Gasteiger partial charge in [-0.1, -0.05) is 12.1 Å². The zero-order valence-corrected chi connectivity index (χ0v) is 16.2. The molecule has 0 saturated carbocycles. The molecule has 0 radical (unpaired) electrons. The van der Waals surface area contributed by atoms with E-state index in [-0.39, 0.29) is 12.6 Å². The molecule has 29 heavy (non-hydrogen) atoms. The minimum Gasteiger partial charge on any atom is -0.454 e. The number of benzene rings is 2. The number of halogens is 1. The molecule has 0 amide bonds. The highest BCUT2D eigenvalue weighted by molar-refractivity contribution is 7.17. The monoisotopic (exact) mass is 406 g/mol. The summed E-state index contributed by atoms with van der Waals surface area (Å²) in [4.78, 5) is 9.54. The number of hydrogen-bond donors (Lipinski definition) is 1. The summed E-state index contributed by atoms with van der Waals surface area (Å²) in [5.74, 6) is 1.76. The molecule has 6 nitrogen and oxygen atoms in total. The number of anilines is 1. The van der Waals surface area contributed by atoms with Crippen molar-refractivity contribution in [2.24, 2.45) is 5.10 Å². The fraction of sp³-hybridized carbons (Fsp3) is 0.0952. The van der Waals surface area contributed by atoms with E-state index in [4.69, 9.17) is 9.47 Å². The molecule has 1 aliphatic heterocycles. The van der Waals surface area contributed by atoms with Crippen molar-refractivity contribution in [3.8, 4) is 22.6 Å². The lowest BCUT2D eigenvalue weighted by atomic mass is 10.1. The lowest BCUT2D eigenvalue weighted by Crippen LogP contribution is -2.01. The molecule has 0 unspecified atom stereocenters. The summed E-state index contributed by atoms with van der Waals surface area (Å²) in [6.07, 6.45) is 1.50. The van der Waals surface area contributed by atoms with Crippen molar-refractivity contribution in [3.05, 3.63) is 65.6 Å². The van der Waals surface area contributed by atoms with E-state index in [9.17, 15) is 4.39 Å². The first kappa shape index (κ1) is 17.6. The van der Waals surface area contributed by atoms with E-state index in [1.807, 2.05) is 30.5 Å². The molecule has 0 atom stereocenters. The molecule has 0 fully saturated rings. The van der Waals surface area contributed by atoms with Crippen molar-refractivity contribution in [2.75, 3.05) is 12.2 Å². The second kappa shape index (κ2) is 7.14. The number of aromatic nitrogens is 2. The van der Waals surface area contributed by atoms with Crippen molar-refractivity contribution < 1.29 is 13.9 Å². The fourth-order valence-electron chi connectivity index (χ4n) is 3.12. The predicted molar refractivity (Wildman–Crippen MR) is 111 cm³/mol. The molecule has 2 aromatic heterocycles. The molecule has 0 aliphatic carbocycles. The Kier molecular flexibility index (Phi) is 4.33. The van der Waals surface area contributed by atoms with Crippen LogP contribution in [-0.2, 0) is 0 Å². The molecule has 0 bridgehead atoms. The van der Waals surface area contributed by atoms with E-state index in [0.717, 1.165) is 38.4 Å².